The molecule has 0 unspecified atom stereocenters. The van der Waals surface area contributed by atoms with Gasteiger partial charge in [-0.1, -0.05) is 54.7 Å². The van der Waals surface area contributed by atoms with Crippen LogP contribution < -0.4 is 11.5 Å². The van der Waals surface area contributed by atoms with Crippen molar-refractivity contribution in [1.29, 1.82) is 0 Å². The lowest BCUT2D eigenvalue weighted by Crippen LogP contribution is -2.08. The van der Waals surface area contributed by atoms with E-state index in [0.29, 0.717) is 11.5 Å². The van der Waals surface area contributed by atoms with Gasteiger partial charge in [0.1, 0.15) is 4.99 Å². The second-order valence-corrected chi connectivity index (χ2v) is 4.29. The maximum absolute atomic E-state index is 5.62. The molecule has 4 N–H and O–H groups in total. The van der Waals surface area contributed by atoms with E-state index in [0.717, 1.165) is 22.3 Å². The first kappa shape index (κ1) is 11.8. The van der Waals surface area contributed by atoms with Gasteiger partial charge < -0.3 is 11.5 Å². The van der Waals surface area contributed by atoms with Gasteiger partial charge in [-0.15, -0.1) is 0 Å². The zero-order valence-corrected chi connectivity index (χ0v) is 10.2. The first-order valence-electron chi connectivity index (χ1n) is 5.40. The summed E-state index contributed by atoms with van der Waals surface area (Å²) in [5.74, 6) is 0. The molecule has 0 heterocycles. The molecule has 0 atom stereocenters. The Labute approximate surface area is 106 Å². The van der Waals surface area contributed by atoms with Gasteiger partial charge in [-0.3, -0.25) is 0 Å². The molecule has 0 aliphatic carbocycles. The number of thiocarbonyl (C=S) groups is 1. The molecule has 0 aliphatic rings. The van der Waals surface area contributed by atoms with E-state index in [1.54, 1.807) is 0 Å². The van der Waals surface area contributed by atoms with E-state index in [2.05, 4.69) is 12.1 Å². The van der Waals surface area contributed by atoms with Gasteiger partial charge in [-0.05, 0) is 22.8 Å². The fourth-order valence-electron chi connectivity index (χ4n) is 1.69. The standard InChI is InChI=1S/C14H14N2S/c15-9-10-4-6-11(7-5-10)12-2-1-3-13(8-12)14(16)17/h1-8H,9,15H2,(H2,16,17). The number of hydrogen-bond donors (Lipinski definition) is 2. The molecule has 2 rings (SSSR count). The number of nitrogens with two attached hydrogens (primary N) is 2. The fourth-order valence-corrected chi connectivity index (χ4v) is 1.81. The Morgan fingerprint density at radius 1 is 1.00 bits per heavy atom. The van der Waals surface area contributed by atoms with Crippen LogP contribution in [0.2, 0.25) is 0 Å². The van der Waals surface area contributed by atoms with Crippen molar-refractivity contribution >= 4 is 17.2 Å². The van der Waals surface area contributed by atoms with Crippen molar-refractivity contribution in [2.75, 3.05) is 0 Å². The molecule has 86 valence electrons. The summed E-state index contributed by atoms with van der Waals surface area (Å²) in [6, 6.07) is 16.1. The summed E-state index contributed by atoms with van der Waals surface area (Å²) in [4.78, 5) is 0.422. The maximum atomic E-state index is 5.62. The Morgan fingerprint density at radius 2 is 1.71 bits per heavy atom. The van der Waals surface area contributed by atoms with Gasteiger partial charge in [0.15, 0.2) is 0 Å². The number of benzene rings is 2. The molecular formula is C14H14N2S. The van der Waals surface area contributed by atoms with Crippen LogP contribution in [0.25, 0.3) is 11.1 Å². The van der Waals surface area contributed by atoms with Crippen LogP contribution in [0, 0.1) is 0 Å². The van der Waals surface area contributed by atoms with Crippen LogP contribution in [0.1, 0.15) is 11.1 Å². The van der Waals surface area contributed by atoms with E-state index < -0.39 is 0 Å². The summed E-state index contributed by atoms with van der Waals surface area (Å²) in [5.41, 5.74) is 15.5. The predicted octanol–water partition coefficient (Wildman–Crippen LogP) is 2.45. The molecule has 3 heteroatoms. The molecule has 0 saturated heterocycles. The highest BCUT2D eigenvalue weighted by Gasteiger charge is 2.01. The number of hydrogen-bond acceptors (Lipinski definition) is 2. The zero-order valence-electron chi connectivity index (χ0n) is 9.39. The van der Waals surface area contributed by atoms with Crippen LogP contribution in [0.4, 0.5) is 0 Å². The second-order valence-electron chi connectivity index (χ2n) is 3.85. The largest absolute Gasteiger partial charge is 0.389 e. The van der Waals surface area contributed by atoms with Crippen LogP contribution in [0.5, 0.6) is 0 Å². The summed E-state index contributed by atoms with van der Waals surface area (Å²) in [5, 5.41) is 0. The molecule has 0 radical (unpaired) electrons. The lowest BCUT2D eigenvalue weighted by atomic mass is 10.0. The highest BCUT2D eigenvalue weighted by atomic mass is 32.1. The van der Waals surface area contributed by atoms with E-state index in [1.807, 2.05) is 36.4 Å². The minimum Gasteiger partial charge on any atom is -0.389 e. The maximum Gasteiger partial charge on any atom is 0.104 e. The van der Waals surface area contributed by atoms with Crippen molar-refractivity contribution in [2.45, 2.75) is 6.54 Å². The molecule has 0 fully saturated rings. The van der Waals surface area contributed by atoms with E-state index in [4.69, 9.17) is 23.7 Å². The van der Waals surface area contributed by atoms with Gasteiger partial charge in [0.2, 0.25) is 0 Å². The second kappa shape index (κ2) is 5.08. The highest BCUT2D eigenvalue weighted by Crippen LogP contribution is 2.20. The van der Waals surface area contributed by atoms with Crippen molar-refractivity contribution in [3.05, 3.63) is 59.7 Å². The summed E-state index contributed by atoms with van der Waals surface area (Å²) in [6.45, 7) is 0.563. The van der Waals surface area contributed by atoms with Crippen molar-refractivity contribution in [3.63, 3.8) is 0 Å². The Bertz CT molecular complexity index is 532. The Balaban J connectivity index is 2.38. The molecule has 0 bridgehead atoms. The van der Waals surface area contributed by atoms with Crippen LogP contribution in [0.15, 0.2) is 48.5 Å². The van der Waals surface area contributed by atoms with E-state index >= 15 is 0 Å². The third-order valence-electron chi connectivity index (χ3n) is 2.67. The van der Waals surface area contributed by atoms with Crippen molar-refractivity contribution < 1.29 is 0 Å². The lowest BCUT2D eigenvalue weighted by molar-refractivity contribution is 1.07. The van der Waals surface area contributed by atoms with Gasteiger partial charge in [0, 0.05) is 12.1 Å². The molecule has 0 aromatic heterocycles. The van der Waals surface area contributed by atoms with Crippen molar-refractivity contribution in [2.24, 2.45) is 11.5 Å². The zero-order chi connectivity index (χ0) is 12.3. The third-order valence-corrected chi connectivity index (χ3v) is 2.91. The minimum absolute atomic E-state index is 0.422. The fraction of sp³-hybridized carbons (Fsp3) is 0.0714. The Morgan fingerprint density at radius 3 is 2.29 bits per heavy atom. The molecule has 2 nitrogen and oxygen atoms in total. The molecule has 2 aromatic rings. The molecule has 2 aromatic carbocycles. The van der Waals surface area contributed by atoms with Crippen LogP contribution in [-0.4, -0.2) is 4.99 Å². The van der Waals surface area contributed by atoms with Crippen LogP contribution in [-0.2, 0) is 6.54 Å². The smallest absolute Gasteiger partial charge is 0.104 e. The van der Waals surface area contributed by atoms with E-state index in [-0.39, 0.29) is 0 Å². The van der Waals surface area contributed by atoms with Gasteiger partial charge >= 0.3 is 0 Å². The quantitative estimate of drug-likeness (QED) is 0.813. The minimum atomic E-state index is 0.422. The van der Waals surface area contributed by atoms with Gasteiger partial charge in [0.05, 0.1) is 0 Å². The molecule has 0 spiro atoms. The number of rotatable bonds is 3. The molecule has 17 heavy (non-hydrogen) atoms. The van der Waals surface area contributed by atoms with E-state index in [1.165, 1.54) is 0 Å². The monoisotopic (exact) mass is 242 g/mol. The van der Waals surface area contributed by atoms with Gasteiger partial charge in [-0.25, -0.2) is 0 Å². The lowest BCUT2D eigenvalue weighted by Gasteiger charge is -2.05. The Hall–Kier alpha value is -1.71. The average Bonchev–Trinajstić information content (AvgIpc) is 2.39. The molecule has 0 amide bonds. The van der Waals surface area contributed by atoms with Crippen molar-refractivity contribution in [1.82, 2.24) is 0 Å². The normalized spacial score (nSPS) is 10.2. The summed E-state index contributed by atoms with van der Waals surface area (Å²) in [6.07, 6.45) is 0. The summed E-state index contributed by atoms with van der Waals surface area (Å²) in [7, 11) is 0. The van der Waals surface area contributed by atoms with Crippen LogP contribution in [0.3, 0.4) is 0 Å². The first-order valence-corrected chi connectivity index (χ1v) is 5.81. The third kappa shape index (κ3) is 2.70. The topological polar surface area (TPSA) is 52.0 Å². The SMILES string of the molecule is NCc1ccc(-c2cccc(C(N)=S)c2)cc1. The molecule has 0 saturated carbocycles. The summed E-state index contributed by atoms with van der Waals surface area (Å²) >= 11 is 4.97. The average molecular weight is 242 g/mol. The van der Waals surface area contributed by atoms with Crippen molar-refractivity contribution in [3.8, 4) is 11.1 Å². The Kier molecular flexibility index (Phi) is 3.52. The molecule has 0 aliphatic heterocycles. The van der Waals surface area contributed by atoms with Gasteiger partial charge in [0.25, 0.3) is 0 Å². The predicted molar refractivity (Wildman–Crippen MR) is 75.7 cm³/mol. The molecular weight excluding hydrogens is 228 g/mol. The van der Waals surface area contributed by atoms with Gasteiger partial charge in [-0.2, -0.15) is 0 Å². The van der Waals surface area contributed by atoms with E-state index in [9.17, 15) is 0 Å². The summed E-state index contributed by atoms with van der Waals surface area (Å²) < 4.78 is 0. The van der Waals surface area contributed by atoms with Crippen LogP contribution >= 0.6 is 12.2 Å². The highest BCUT2D eigenvalue weighted by molar-refractivity contribution is 7.80. The first-order chi connectivity index (χ1) is 8.20.